The molecular formula is C23H22N6O2. The highest BCUT2D eigenvalue weighted by Gasteiger charge is 2.26. The molecule has 1 aliphatic heterocycles. The zero-order valence-electron chi connectivity index (χ0n) is 17.2. The average Bonchev–Trinajstić information content (AvgIpc) is 3.50. The zero-order valence-corrected chi connectivity index (χ0v) is 17.2. The molecule has 0 N–H and O–H groups in total. The van der Waals surface area contributed by atoms with Gasteiger partial charge in [-0.05, 0) is 31.9 Å². The summed E-state index contributed by atoms with van der Waals surface area (Å²) < 4.78 is 7.22. The number of piperidine rings is 1. The van der Waals surface area contributed by atoms with Crippen molar-refractivity contribution < 1.29 is 9.32 Å². The van der Waals surface area contributed by atoms with Gasteiger partial charge < -0.3 is 9.42 Å². The van der Waals surface area contributed by atoms with E-state index in [0.29, 0.717) is 30.5 Å². The minimum Gasteiger partial charge on any atom is -0.338 e. The van der Waals surface area contributed by atoms with Gasteiger partial charge in [0.25, 0.3) is 11.8 Å². The Balaban J connectivity index is 1.24. The second-order valence-corrected chi connectivity index (χ2v) is 7.76. The largest absolute Gasteiger partial charge is 0.338 e. The van der Waals surface area contributed by atoms with E-state index >= 15 is 0 Å². The van der Waals surface area contributed by atoms with Gasteiger partial charge in [-0.25, -0.2) is 4.68 Å². The van der Waals surface area contributed by atoms with Gasteiger partial charge in [-0.2, -0.15) is 4.98 Å². The summed E-state index contributed by atoms with van der Waals surface area (Å²) in [4.78, 5) is 19.1. The second kappa shape index (κ2) is 8.14. The predicted molar refractivity (Wildman–Crippen MR) is 114 cm³/mol. The summed E-state index contributed by atoms with van der Waals surface area (Å²) in [5, 5.41) is 12.5. The predicted octanol–water partition coefficient (Wildman–Crippen LogP) is 3.78. The highest BCUT2D eigenvalue weighted by Crippen LogP contribution is 2.25. The van der Waals surface area contributed by atoms with Crippen LogP contribution in [-0.2, 0) is 0 Å². The number of hydrogen-bond donors (Lipinski definition) is 0. The fourth-order valence-electron chi connectivity index (χ4n) is 3.80. The van der Waals surface area contributed by atoms with Gasteiger partial charge in [0.2, 0.25) is 5.82 Å². The van der Waals surface area contributed by atoms with Crippen molar-refractivity contribution in [3.8, 4) is 23.0 Å². The standard InChI is InChI=1S/C23H22N6O2/c1-16-7-9-18(10-8-16)23(30)28-13-11-19(12-14-28)29-15-20(25-27-29)22-24-21(26-31-22)17-5-3-2-4-6-17/h2-10,15,19H,11-14H2,1H3. The maximum absolute atomic E-state index is 12.7. The number of benzene rings is 2. The molecule has 0 bridgehead atoms. The number of rotatable bonds is 4. The zero-order chi connectivity index (χ0) is 21.2. The minimum atomic E-state index is 0.0806. The van der Waals surface area contributed by atoms with Gasteiger partial charge >= 0.3 is 0 Å². The van der Waals surface area contributed by atoms with Crippen molar-refractivity contribution in [2.75, 3.05) is 13.1 Å². The average molecular weight is 414 g/mol. The summed E-state index contributed by atoms with van der Waals surface area (Å²) >= 11 is 0. The molecule has 0 aliphatic carbocycles. The van der Waals surface area contributed by atoms with Crippen molar-refractivity contribution in [2.45, 2.75) is 25.8 Å². The molecule has 0 saturated carbocycles. The van der Waals surface area contributed by atoms with E-state index in [1.165, 1.54) is 0 Å². The molecule has 8 heteroatoms. The van der Waals surface area contributed by atoms with Crippen LogP contribution in [0, 0.1) is 6.92 Å². The lowest BCUT2D eigenvalue weighted by molar-refractivity contribution is 0.0689. The quantitative estimate of drug-likeness (QED) is 0.505. The molecule has 0 unspecified atom stereocenters. The van der Waals surface area contributed by atoms with Gasteiger partial charge in [0.15, 0.2) is 5.69 Å². The SMILES string of the molecule is Cc1ccc(C(=O)N2CCC(n3cc(-c4nc(-c5ccccc5)no4)nn3)CC2)cc1. The molecule has 156 valence electrons. The van der Waals surface area contributed by atoms with Crippen molar-refractivity contribution in [3.63, 3.8) is 0 Å². The van der Waals surface area contributed by atoms with Crippen LogP contribution in [-0.4, -0.2) is 49.0 Å². The normalized spacial score (nSPS) is 14.7. The van der Waals surface area contributed by atoms with E-state index in [1.54, 1.807) is 0 Å². The van der Waals surface area contributed by atoms with E-state index in [1.807, 2.05) is 77.3 Å². The Kier molecular flexibility index (Phi) is 5.03. The molecule has 5 rings (SSSR count). The van der Waals surface area contributed by atoms with E-state index in [4.69, 9.17) is 4.52 Å². The Hall–Kier alpha value is -3.81. The third-order valence-corrected chi connectivity index (χ3v) is 5.61. The van der Waals surface area contributed by atoms with E-state index in [9.17, 15) is 4.79 Å². The number of hydrogen-bond acceptors (Lipinski definition) is 6. The highest BCUT2D eigenvalue weighted by molar-refractivity contribution is 5.94. The van der Waals surface area contributed by atoms with Gasteiger partial charge in [0, 0.05) is 24.2 Å². The number of carbonyl (C=O) groups is 1. The molecule has 31 heavy (non-hydrogen) atoms. The van der Waals surface area contributed by atoms with Crippen LogP contribution in [0.4, 0.5) is 0 Å². The number of likely N-dealkylation sites (tertiary alicyclic amines) is 1. The molecule has 0 radical (unpaired) electrons. The van der Waals surface area contributed by atoms with Crippen LogP contribution in [0.5, 0.6) is 0 Å². The summed E-state index contributed by atoms with van der Waals surface area (Å²) in [5.74, 6) is 0.946. The van der Waals surface area contributed by atoms with Crippen LogP contribution in [0.15, 0.2) is 65.3 Å². The molecular weight excluding hydrogens is 392 g/mol. The maximum atomic E-state index is 12.7. The van der Waals surface area contributed by atoms with E-state index < -0.39 is 0 Å². The monoisotopic (exact) mass is 414 g/mol. The minimum absolute atomic E-state index is 0.0806. The smallest absolute Gasteiger partial charge is 0.280 e. The molecule has 1 saturated heterocycles. The Morgan fingerprint density at radius 1 is 1.03 bits per heavy atom. The first-order chi connectivity index (χ1) is 15.2. The van der Waals surface area contributed by atoms with E-state index in [0.717, 1.165) is 29.5 Å². The molecule has 2 aromatic heterocycles. The molecule has 0 spiro atoms. The molecule has 3 heterocycles. The van der Waals surface area contributed by atoms with Crippen molar-refractivity contribution in [1.82, 2.24) is 30.0 Å². The lowest BCUT2D eigenvalue weighted by atomic mass is 10.0. The molecule has 1 aliphatic rings. The van der Waals surface area contributed by atoms with Crippen LogP contribution in [0.2, 0.25) is 0 Å². The summed E-state index contributed by atoms with van der Waals surface area (Å²) in [6, 6.07) is 17.6. The first-order valence-electron chi connectivity index (χ1n) is 10.3. The van der Waals surface area contributed by atoms with Crippen LogP contribution >= 0.6 is 0 Å². The van der Waals surface area contributed by atoms with Gasteiger partial charge in [0.1, 0.15) is 0 Å². The molecule has 8 nitrogen and oxygen atoms in total. The van der Waals surface area contributed by atoms with Crippen molar-refractivity contribution in [1.29, 1.82) is 0 Å². The fraction of sp³-hybridized carbons (Fsp3) is 0.261. The third kappa shape index (κ3) is 3.96. The number of carbonyl (C=O) groups excluding carboxylic acids is 1. The van der Waals surface area contributed by atoms with Gasteiger partial charge in [-0.3, -0.25) is 4.79 Å². The Morgan fingerprint density at radius 3 is 2.52 bits per heavy atom. The van der Waals surface area contributed by atoms with Crippen LogP contribution in [0.25, 0.3) is 23.0 Å². The Morgan fingerprint density at radius 2 is 1.77 bits per heavy atom. The molecule has 1 fully saturated rings. The summed E-state index contributed by atoms with van der Waals surface area (Å²) in [7, 11) is 0. The topological polar surface area (TPSA) is 89.9 Å². The van der Waals surface area contributed by atoms with Crippen LogP contribution < -0.4 is 0 Å². The highest BCUT2D eigenvalue weighted by atomic mass is 16.5. The number of aromatic nitrogens is 5. The van der Waals surface area contributed by atoms with Crippen LogP contribution in [0.3, 0.4) is 0 Å². The molecule has 4 aromatic rings. The molecule has 0 atom stereocenters. The summed E-state index contributed by atoms with van der Waals surface area (Å²) in [5.41, 5.74) is 3.32. The lowest BCUT2D eigenvalue weighted by Crippen LogP contribution is -2.39. The van der Waals surface area contributed by atoms with Crippen molar-refractivity contribution in [2.24, 2.45) is 0 Å². The van der Waals surface area contributed by atoms with Gasteiger partial charge in [-0.15, -0.1) is 5.10 Å². The molecule has 2 aromatic carbocycles. The Labute approximate surface area is 179 Å². The lowest BCUT2D eigenvalue weighted by Gasteiger charge is -2.31. The maximum Gasteiger partial charge on any atom is 0.280 e. The number of nitrogens with zero attached hydrogens (tertiary/aromatic N) is 6. The van der Waals surface area contributed by atoms with Gasteiger partial charge in [-0.1, -0.05) is 58.4 Å². The van der Waals surface area contributed by atoms with Gasteiger partial charge in [0.05, 0.1) is 12.2 Å². The second-order valence-electron chi connectivity index (χ2n) is 7.76. The van der Waals surface area contributed by atoms with Crippen molar-refractivity contribution >= 4 is 5.91 Å². The Bertz CT molecular complexity index is 1170. The third-order valence-electron chi connectivity index (χ3n) is 5.61. The van der Waals surface area contributed by atoms with Crippen molar-refractivity contribution in [3.05, 3.63) is 71.9 Å². The van der Waals surface area contributed by atoms with E-state index in [2.05, 4.69) is 20.5 Å². The first-order valence-corrected chi connectivity index (χ1v) is 10.3. The van der Waals surface area contributed by atoms with Crippen LogP contribution in [0.1, 0.15) is 34.8 Å². The molecule has 1 amide bonds. The number of amides is 1. The number of aryl methyl sites for hydroxylation is 1. The van der Waals surface area contributed by atoms with E-state index in [-0.39, 0.29) is 11.9 Å². The summed E-state index contributed by atoms with van der Waals surface area (Å²) in [6.45, 7) is 3.39. The summed E-state index contributed by atoms with van der Waals surface area (Å²) in [6.07, 6.45) is 3.48. The first kappa shape index (κ1) is 19.2. The fourth-order valence-corrected chi connectivity index (χ4v) is 3.80.